The highest BCUT2D eigenvalue weighted by Gasteiger charge is 2.25. The Bertz CT molecular complexity index is 1160. The SMILES string of the molecule is CC/C=C\C/C=C\C/C=C\C/C=C\CCC(=O)OC(COC(=O)CCCCCCCCCCCCC/C=C\C/C=C\CCCCCCC)COP(=O)(O)OCCN. The number of nitrogens with two attached hydrogens (primary N) is 1. The number of phosphoric acid groups is 1. The molecular weight excluding hydrogens is 737 g/mol. The van der Waals surface area contributed by atoms with Gasteiger partial charge in [-0.2, -0.15) is 0 Å². The van der Waals surface area contributed by atoms with Gasteiger partial charge in [0.1, 0.15) is 6.61 Å². The van der Waals surface area contributed by atoms with E-state index in [2.05, 4.69) is 74.6 Å². The van der Waals surface area contributed by atoms with E-state index in [4.69, 9.17) is 24.3 Å². The highest BCUT2D eigenvalue weighted by Crippen LogP contribution is 2.43. The summed E-state index contributed by atoms with van der Waals surface area (Å²) >= 11 is 0. The van der Waals surface area contributed by atoms with E-state index in [0.717, 1.165) is 57.8 Å². The average Bonchev–Trinajstić information content (AvgIpc) is 3.20. The molecule has 0 saturated carbocycles. The maximum absolute atomic E-state index is 12.5. The van der Waals surface area contributed by atoms with Crippen molar-refractivity contribution in [1.29, 1.82) is 0 Å². The fraction of sp³-hybridized carbons (Fsp3) is 0.702. The van der Waals surface area contributed by atoms with Gasteiger partial charge >= 0.3 is 19.8 Å². The fourth-order valence-corrected chi connectivity index (χ4v) is 6.56. The lowest BCUT2D eigenvalue weighted by atomic mass is 10.0. The minimum Gasteiger partial charge on any atom is -0.462 e. The number of phosphoric ester groups is 1. The Balaban J connectivity index is 4.13. The van der Waals surface area contributed by atoms with E-state index in [-0.39, 0.29) is 32.6 Å². The standard InChI is InChI=1S/C47H82NO8P/c1-3-5-7-9-11-13-15-17-18-19-20-21-22-23-24-25-26-28-29-31-33-35-37-39-46(49)53-43-45(44-55-57(51,52)54-42-41-48)56-47(50)40-38-36-34-32-30-27-16-14-12-10-8-6-4-2/h6,8,12,14-15,17,19-20,27,30,34,36,45H,3-5,7,9-11,13,16,18,21-26,28-29,31-33,35,37-44,48H2,1-2H3,(H,51,52)/b8-6-,14-12-,17-15-,20-19-,30-27-,36-34-. The lowest BCUT2D eigenvalue weighted by Crippen LogP contribution is -2.29. The summed E-state index contributed by atoms with van der Waals surface area (Å²) in [6, 6.07) is 0. The Kier molecular flexibility index (Phi) is 41.1. The largest absolute Gasteiger partial charge is 0.472 e. The van der Waals surface area contributed by atoms with Crippen LogP contribution in [0.1, 0.15) is 181 Å². The third-order valence-corrected chi connectivity index (χ3v) is 10.1. The van der Waals surface area contributed by atoms with Gasteiger partial charge in [-0.25, -0.2) is 4.57 Å². The second-order valence-electron chi connectivity index (χ2n) is 14.5. The summed E-state index contributed by atoms with van der Waals surface area (Å²) in [6.45, 7) is 3.51. The normalized spacial score (nSPS) is 14.0. The van der Waals surface area contributed by atoms with Gasteiger partial charge in [-0.05, 0) is 70.6 Å². The van der Waals surface area contributed by atoms with E-state index < -0.39 is 32.5 Å². The molecule has 2 unspecified atom stereocenters. The lowest BCUT2D eigenvalue weighted by molar-refractivity contribution is -0.161. The second-order valence-corrected chi connectivity index (χ2v) is 16.0. The molecule has 0 aliphatic carbocycles. The molecule has 0 aromatic rings. The predicted octanol–water partition coefficient (Wildman–Crippen LogP) is 13.1. The maximum atomic E-state index is 12.5. The van der Waals surface area contributed by atoms with E-state index >= 15 is 0 Å². The van der Waals surface area contributed by atoms with E-state index in [1.54, 1.807) is 0 Å². The van der Waals surface area contributed by atoms with Crippen LogP contribution in [0.5, 0.6) is 0 Å². The fourth-order valence-electron chi connectivity index (χ4n) is 5.80. The second kappa shape index (κ2) is 43.0. The molecule has 0 saturated heterocycles. The summed E-state index contributed by atoms with van der Waals surface area (Å²) in [5.74, 6) is -0.929. The van der Waals surface area contributed by atoms with Gasteiger partial charge in [0.05, 0.1) is 13.2 Å². The molecule has 2 atom stereocenters. The van der Waals surface area contributed by atoms with Crippen molar-refractivity contribution in [3.05, 3.63) is 72.9 Å². The van der Waals surface area contributed by atoms with Crippen LogP contribution in [0, 0.1) is 0 Å². The van der Waals surface area contributed by atoms with Gasteiger partial charge in [0, 0.05) is 19.4 Å². The zero-order valence-corrected chi connectivity index (χ0v) is 36.9. The van der Waals surface area contributed by atoms with Crippen molar-refractivity contribution < 1.29 is 37.6 Å². The summed E-state index contributed by atoms with van der Waals surface area (Å²) in [4.78, 5) is 34.8. The molecule has 0 aliphatic rings. The van der Waals surface area contributed by atoms with Crippen molar-refractivity contribution in [2.45, 2.75) is 187 Å². The van der Waals surface area contributed by atoms with Crippen molar-refractivity contribution in [3.63, 3.8) is 0 Å². The van der Waals surface area contributed by atoms with E-state index in [0.29, 0.717) is 6.42 Å². The first-order valence-electron chi connectivity index (χ1n) is 22.4. The number of hydrogen-bond donors (Lipinski definition) is 2. The van der Waals surface area contributed by atoms with Crippen LogP contribution in [-0.4, -0.2) is 49.3 Å². The van der Waals surface area contributed by atoms with Crippen molar-refractivity contribution >= 4 is 19.8 Å². The van der Waals surface area contributed by atoms with Crippen molar-refractivity contribution in [1.82, 2.24) is 0 Å². The van der Waals surface area contributed by atoms with Crippen molar-refractivity contribution in [2.75, 3.05) is 26.4 Å². The molecule has 0 rings (SSSR count). The van der Waals surface area contributed by atoms with Gasteiger partial charge in [-0.1, -0.05) is 170 Å². The Labute approximate surface area is 348 Å². The number of hydrogen-bond acceptors (Lipinski definition) is 8. The molecule has 0 heterocycles. The summed E-state index contributed by atoms with van der Waals surface area (Å²) < 4.78 is 32.7. The topological polar surface area (TPSA) is 134 Å². The molecule has 0 radical (unpaired) electrons. The van der Waals surface area contributed by atoms with Crippen molar-refractivity contribution in [2.24, 2.45) is 5.73 Å². The predicted molar refractivity (Wildman–Crippen MR) is 238 cm³/mol. The van der Waals surface area contributed by atoms with E-state index in [1.165, 1.54) is 89.9 Å². The average molecular weight is 820 g/mol. The van der Waals surface area contributed by atoms with Gasteiger partial charge in [0.25, 0.3) is 0 Å². The number of unbranched alkanes of at least 4 members (excludes halogenated alkanes) is 16. The lowest BCUT2D eigenvalue weighted by Gasteiger charge is -2.19. The van der Waals surface area contributed by atoms with Gasteiger partial charge in [0.2, 0.25) is 0 Å². The summed E-state index contributed by atoms with van der Waals surface area (Å²) in [5, 5.41) is 0. The molecule has 0 aromatic heterocycles. The molecule has 0 fully saturated rings. The number of carbonyl (C=O) groups excluding carboxylic acids is 2. The van der Waals surface area contributed by atoms with Gasteiger partial charge < -0.3 is 20.1 Å². The van der Waals surface area contributed by atoms with Gasteiger partial charge in [-0.3, -0.25) is 18.6 Å². The van der Waals surface area contributed by atoms with Crippen LogP contribution in [0.4, 0.5) is 0 Å². The minimum atomic E-state index is -4.40. The van der Waals surface area contributed by atoms with Crippen LogP contribution >= 0.6 is 7.82 Å². The van der Waals surface area contributed by atoms with Crippen molar-refractivity contribution in [3.8, 4) is 0 Å². The molecule has 0 aliphatic heterocycles. The molecule has 10 heteroatoms. The molecule has 57 heavy (non-hydrogen) atoms. The van der Waals surface area contributed by atoms with Gasteiger partial charge in [-0.15, -0.1) is 0 Å². The first-order valence-corrected chi connectivity index (χ1v) is 23.9. The van der Waals surface area contributed by atoms with Crippen LogP contribution < -0.4 is 5.73 Å². The number of carbonyl (C=O) groups is 2. The first kappa shape index (κ1) is 54.5. The Morgan fingerprint density at radius 2 is 1.00 bits per heavy atom. The van der Waals surface area contributed by atoms with Crippen LogP contribution in [0.15, 0.2) is 72.9 Å². The third kappa shape index (κ3) is 42.9. The number of allylic oxidation sites excluding steroid dienone is 12. The molecule has 9 nitrogen and oxygen atoms in total. The van der Waals surface area contributed by atoms with Crippen LogP contribution in [0.25, 0.3) is 0 Å². The number of ether oxygens (including phenoxy) is 2. The Morgan fingerprint density at radius 1 is 0.544 bits per heavy atom. The zero-order valence-electron chi connectivity index (χ0n) is 36.0. The minimum absolute atomic E-state index is 0.0395. The third-order valence-electron chi connectivity index (χ3n) is 9.09. The smallest absolute Gasteiger partial charge is 0.462 e. The molecule has 328 valence electrons. The number of rotatable bonds is 41. The highest BCUT2D eigenvalue weighted by molar-refractivity contribution is 7.47. The number of esters is 2. The molecule has 3 N–H and O–H groups in total. The highest BCUT2D eigenvalue weighted by atomic mass is 31.2. The summed E-state index contributed by atoms with van der Waals surface area (Å²) in [6.07, 6.45) is 52.5. The van der Waals surface area contributed by atoms with Crippen LogP contribution in [0.3, 0.4) is 0 Å². The molecular formula is C47H82NO8P. The first-order chi connectivity index (χ1) is 27.8. The monoisotopic (exact) mass is 820 g/mol. The van der Waals surface area contributed by atoms with Crippen LogP contribution in [-0.2, 0) is 32.7 Å². The quantitative estimate of drug-likeness (QED) is 0.0267. The molecule has 0 bridgehead atoms. The summed E-state index contributed by atoms with van der Waals surface area (Å²) in [5.41, 5.74) is 5.34. The molecule has 0 amide bonds. The van der Waals surface area contributed by atoms with Crippen LogP contribution in [0.2, 0.25) is 0 Å². The molecule has 0 aromatic carbocycles. The Morgan fingerprint density at radius 3 is 1.51 bits per heavy atom. The molecule has 0 spiro atoms. The van der Waals surface area contributed by atoms with Gasteiger partial charge in [0.15, 0.2) is 6.10 Å². The zero-order chi connectivity index (χ0) is 41.8. The van der Waals surface area contributed by atoms with E-state index in [1.807, 2.05) is 12.2 Å². The maximum Gasteiger partial charge on any atom is 0.472 e. The Hall–Kier alpha value is -2.55. The van der Waals surface area contributed by atoms with E-state index in [9.17, 15) is 19.0 Å². The summed E-state index contributed by atoms with van der Waals surface area (Å²) in [7, 11) is -4.40.